The molecule has 0 spiro atoms. The monoisotopic (exact) mass is 294 g/mol. The average Bonchev–Trinajstić information content (AvgIpc) is 2.71. The number of nitrogens with one attached hydrogen (secondary N) is 1. The Morgan fingerprint density at radius 2 is 2.12 bits per heavy atom. The van der Waals surface area contributed by atoms with Crippen LogP contribution in [0.4, 0.5) is 17.2 Å². The van der Waals surface area contributed by atoms with Gasteiger partial charge in [0.25, 0.3) is 0 Å². The van der Waals surface area contributed by atoms with Crippen LogP contribution in [0.15, 0.2) is 34.9 Å². The number of nitrogen functional groups attached to an aromatic ring is 1. The molecule has 5 heteroatoms. The summed E-state index contributed by atoms with van der Waals surface area (Å²) in [6.07, 6.45) is 1.96. The molecular weight excluding hydrogens is 280 g/mol. The van der Waals surface area contributed by atoms with Crippen molar-refractivity contribution >= 4 is 33.1 Å². The molecular formula is C12H15BrN4. The second-order valence-electron chi connectivity index (χ2n) is 4.14. The second kappa shape index (κ2) is 4.79. The van der Waals surface area contributed by atoms with Crippen molar-refractivity contribution in [2.45, 2.75) is 19.9 Å². The Kier molecular flexibility index (Phi) is 3.38. The molecule has 0 aliphatic carbocycles. The smallest absolute Gasteiger partial charge is 0.152 e. The molecule has 17 heavy (non-hydrogen) atoms. The van der Waals surface area contributed by atoms with Crippen LogP contribution in [0, 0.1) is 0 Å². The lowest BCUT2D eigenvalue weighted by molar-refractivity contribution is 0.534. The van der Waals surface area contributed by atoms with E-state index in [9.17, 15) is 0 Å². The fourth-order valence-electron chi connectivity index (χ4n) is 1.46. The number of nitrogens with zero attached hydrogens (tertiary/aromatic N) is 2. The Balaban J connectivity index is 2.19. The van der Waals surface area contributed by atoms with Crippen LogP contribution in [0.2, 0.25) is 0 Å². The molecule has 0 unspecified atom stereocenters. The summed E-state index contributed by atoms with van der Waals surface area (Å²) in [6.45, 7) is 4.19. The van der Waals surface area contributed by atoms with Crippen molar-refractivity contribution in [2.24, 2.45) is 0 Å². The van der Waals surface area contributed by atoms with Crippen LogP contribution < -0.4 is 11.1 Å². The third-order valence-corrected chi connectivity index (χ3v) is 3.05. The molecule has 90 valence electrons. The van der Waals surface area contributed by atoms with Crippen molar-refractivity contribution in [2.75, 3.05) is 11.1 Å². The van der Waals surface area contributed by atoms with E-state index in [1.54, 1.807) is 0 Å². The first-order chi connectivity index (χ1) is 8.06. The number of nitrogens with two attached hydrogens (primary N) is 1. The van der Waals surface area contributed by atoms with Gasteiger partial charge in [0.05, 0.1) is 5.69 Å². The van der Waals surface area contributed by atoms with Gasteiger partial charge in [-0.25, -0.2) is 0 Å². The van der Waals surface area contributed by atoms with Crippen molar-refractivity contribution in [3.63, 3.8) is 0 Å². The molecule has 4 nitrogen and oxygen atoms in total. The van der Waals surface area contributed by atoms with Gasteiger partial charge in [-0.1, -0.05) is 0 Å². The zero-order valence-electron chi connectivity index (χ0n) is 9.81. The third kappa shape index (κ3) is 2.79. The summed E-state index contributed by atoms with van der Waals surface area (Å²) in [5.74, 6) is 0.823. The standard InChI is InChI=1S/C12H15BrN4/c1-8(2)17-6-5-12(16-17)15-11-4-3-9(14)7-10(11)13/h3-8H,14H2,1-2H3,(H,15,16). The van der Waals surface area contributed by atoms with Gasteiger partial charge in [0.15, 0.2) is 5.82 Å². The van der Waals surface area contributed by atoms with Crippen molar-refractivity contribution in [3.8, 4) is 0 Å². The maximum atomic E-state index is 5.69. The molecule has 1 heterocycles. The summed E-state index contributed by atoms with van der Waals surface area (Å²) < 4.78 is 2.84. The van der Waals surface area contributed by atoms with Gasteiger partial charge in [0.1, 0.15) is 0 Å². The van der Waals surface area contributed by atoms with Gasteiger partial charge in [0, 0.05) is 28.5 Å². The van der Waals surface area contributed by atoms with Crippen molar-refractivity contribution in [3.05, 3.63) is 34.9 Å². The Bertz CT molecular complexity index is 519. The molecule has 0 saturated heterocycles. The average molecular weight is 295 g/mol. The minimum atomic E-state index is 0.361. The summed E-state index contributed by atoms with van der Waals surface area (Å²) in [4.78, 5) is 0. The van der Waals surface area contributed by atoms with E-state index >= 15 is 0 Å². The Morgan fingerprint density at radius 3 is 2.71 bits per heavy atom. The molecule has 2 aromatic rings. The number of anilines is 3. The van der Waals surface area contributed by atoms with Gasteiger partial charge < -0.3 is 11.1 Å². The third-order valence-electron chi connectivity index (χ3n) is 2.39. The fraction of sp³-hybridized carbons (Fsp3) is 0.250. The second-order valence-corrected chi connectivity index (χ2v) is 4.99. The lowest BCUT2D eigenvalue weighted by atomic mass is 10.3. The first-order valence-corrected chi connectivity index (χ1v) is 6.23. The predicted molar refractivity (Wildman–Crippen MR) is 74.4 cm³/mol. The molecule has 0 atom stereocenters. The molecule has 0 radical (unpaired) electrons. The fourth-order valence-corrected chi connectivity index (χ4v) is 1.96. The zero-order valence-corrected chi connectivity index (χ0v) is 11.4. The highest BCUT2D eigenvalue weighted by atomic mass is 79.9. The molecule has 2 rings (SSSR count). The quantitative estimate of drug-likeness (QED) is 0.851. The first-order valence-electron chi connectivity index (χ1n) is 5.43. The summed E-state index contributed by atoms with van der Waals surface area (Å²) >= 11 is 3.46. The molecule has 3 N–H and O–H groups in total. The lowest BCUT2D eigenvalue weighted by Gasteiger charge is -2.07. The van der Waals surface area contributed by atoms with Crippen molar-refractivity contribution < 1.29 is 0 Å². The Labute approximate surface area is 109 Å². The number of hydrogen-bond acceptors (Lipinski definition) is 3. The molecule has 0 aliphatic rings. The van der Waals surface area contributed by atoms with Crippen LogP contribution in [0.5, 0.6) is 0 Å². The maximum Gasteiger partial charge on any atom is 0.152 e. The minimum absolute atomic E-state index is 0.361. The molecule has 0 fully saturated rings. The highest BCUT2D eigenvalue weighted by Crippen LogP contribution is 2.27. The first kappa shape index (κ1) is 12.0. The largest absolute Gasteiger partial charge is 0.399 e. The van der Waals surface area contributed by atoms with Crippen LogP contribution >= 0.6 is 15.9 Å². The van der Waals surface area contributed by atoms with E-state index in [4.69, 9.17) is 5.73 Å². The Hall–Kier alpha value is -1.49. The van der Waals surface area contributed by atoms with Crippen LogP contribution in [-0.4, -0.2) is 9.78 Å². The van der Waals surface area contributed by atoms with Crippen molar-refractivity contribution in [1.82, 2.24) is 9.78 Å². The topological polar surface area (TPSA) is 55.9 Å². The highest BCUT2D eigenvalue weighted by Gasteiger charge is 2.04. The molecule has 0 bridgehead atoms. The number of halogens is 1. The van der Waals surface area contributed by atoms with E-state index in [1.165, 1.54) is 0 Å². The number of aromatic nitrogens is 2. The van der Waals surface area contributed by atoms with Gasteiger partial charge >= 0.3 is 0 Å². The van der Waals surface area contributed by atoms with Crippen LogP contribution in [0.1, 0.15) is 19.9 Å². The zero-order chi connectivity index (χ0) is 12.4. The molecule has 0 amide bonds. The summed E-state index contributed by atoms with van der Waals surface area (Å²) in [5.41, 5.74) is 7.37. The highest BCUT2D eigenvalue weighted by molar-refractivity contribution is 9.10. The molecule has 0 saturated carbocycles. The summed E-state index contributed by atoms with van der Waals surface area (Å²) in [6, 6.07) is 7.95. The summed E-state index contributed by atoms with van der Waals surface area (Å²) in [7, 11) is 0. The van der Waals surface area contributed by atoms with E-state index in [-0.39, 0.29) is 0 Å². The van der Waals surface area contributed by atoms with E-state index in [0.717, 1.165) is 21.7 Å². The van der Waals surface area contributed by atoms with Crippen molar-refractivity contribution in [1.29, 1.82) is 0 Å². The van der Waals surface area contributed by atoms with E-state index in [2.05, 4.69) is 40.2 Å². The normalized spacial score (nSPS) is 10.8. The van der Waals surface area contributed by atoms with Crippen LogP contribution in [0.25, 0.3) is 0 Å². The van der Waals surface area contributed by atoms with Gasteiger partial charge in [0.2, 0.25) is 0 Å². The SMILES string of the molecule is CC(C)n1ccc(Nc2ccc(N)cc2Br)n1. The molecule has 0 aliphatic heterocycles. The summed E-state index contributed by atoms with van der Waals surface area (Å²) in [5, 5.41) is 7.66. The van der Waals surface area contributed by atoms with Gasteiger partial charge in [-0.3, -0.25) is 4.68 Å². The number of rotatable bonds is 3. The van der Waals surface area contributed by atoms with Crippen LogP contribution in [0.3, 0.4) is 0 Å². The predicted octanol–water partition coefficient (Wildman–Crippen LogP) is 3.55. The van der Waals surface area contributed by atoms with E-state index in [0.29, 0.717) is 6.04 Å². The number of hydrogen-bond donors (Lipinski definition) is 2. The van der Waals surface area contributed by atoms with E-state index < -0.39 is 0 Å². The Morgan fingerprint density at radius 1 is 1.35 bits per heavy atom. The van der Waals surface area contributed by atoms with Gasteiger partial charge in [-0.15, -0.1) is 0 Å². The lowest BCUT2D eigenvalue weighted by Crippen LogP contribution is -2.02. The van der Waals surface area contributed by atoms with E-state index in [1.807, 2.05) is 35.1 Å². The van der Waals surface area contributed by atoms with Gasteiger partial charge in [-0.2, -0.15) is 5.10 Å². The van der Waals surface area contributed by atoms with Gasteiger partial charge in [-0.05, 0) is 48.0 Å². The molecule has 1 aromatic heterocycles. The van der Waals surface area contributed by atoms with Crippen LogP contribution in [-0.2, 0) is 0 Å². The molecule has 1 aromatic carbocycles. The maximum absolute atomic E-state index is 5.69. The minimum Gasteiger partial charge on any atom is -0.399 e. The number of benzene rings is 1.